The first kappa shape index (κ1) is 18.2. The molecule has 2 heterocycles. The number of hydrazine groups is 1. The summed E-state index contributed by atoms with van der Waals surface area (Å²) in [5.41, 5.74) is 1.64. The zero-order chi connectivity index (χ0) is 18.2. The monoisotopic (exact) mass is 343 g/mol. The second kappa shape index (κ2) is 6.41. The van der Waals surface area contributed by atoms with E-state index in [1.807, 2.05) is 0 Å². The van der Waals surface area contributed by atoms with Crippen LogP contribution in [0.5, 0.6) is 0 Å². The van der Waals surface area contributed by atoms with Crippen molar-refractivity contribution in [2.24, 2.45) is 17.8 Å². The quantitative estimate of drug-likeness (QED) is 0.853. The summed E-state index contributed by atoms with van der Waals surface area (Å²) in [5, 5.41) is 0.837. The highest BCUT2D eigenvalue weighted by molar-refractivity contribution is 6.05. The van der Waals surface area contributed by atoms with Gasteiger partial charge < -0.3 is 0 Å². The molecule has 1 aliphatic rings. The van der Waals surface area contributed by atoms with E-state index in [4.69, 9.17) is 0 Å². The van der Waals surface area contributed by atoms with Crippen LogP contribution in [-0.4, -0.2) is 21.8 Å². The molecule has 2 unspecified atom stereocenters. The molecule has 2 amide bonds. The Morgan fingerprint density at radius 2 is 1.71 bits per heavy atom. The van der Waals surface area contributed by atoms with E-state index in [0.29, 0.717) is 0 Å². The van der Waals surface area contributed by atoms with Gasteiger partial charge in [-0.05, 0) is 24.5 Å². The standard InChI is InChI=1S/C16H20F3N3O2/c1-8(2)7-12-11(16(17,18)19)5-6-13(20-12)21-22-14(23)9(3)10(4)15(22)24/h5-6,8-10H,7H2,1-4H3,(H,20,21). The number of amides is 2. The summed E-state index contributed by atoms with van der Waals surface area (Å²) in [7, 11) is 0. The van der Waals surface area contributed by atoms with E-state index >= 15 is 0 Å². The number of nitrogens with zero attached hydrogens (tertiary/aromatic N) is 2. The Labute approximate surface area is 138 Å². The van der Waals surface area contributed by atoms with Gasteiger partial charge in [-0.3, -0.25) is 15.0 Å². The third-order valence-electron chi connectivity index (χ3n) is 4.08. The minimum absolute atomic E-state index is 0.0241. The Kier molecular flexibility index (Phi) is 4.87. The average molecular weight is 343 g/mol. The highest BCUT2D eigenvalue weighted by atomic mass is 19.4. The maximum absolute atomic E-state index is 13.1. The van der Waals surface area contributed by atoms with Crippen molar-refractivity contribution < 1.29 is 22.8 Å². The Morgan fingerprint density at radius 3 is 2.17 bits per heavy atom. The predicted octanol–water partition coefficient (Wildman–Crippen LogP) is 3.27. The van der Waals surface area contributed by atoms with Gasteiger partial charge in [0, 0.05) is 11.8 Å². The van der Waals surface area contributed by atoms with Crippen molar-refractivity contribution >= 4 is 17.6 Å². The van der Waals surface area contributed by atoms with Gasteiger partial charge >= 0.3 is 6.18 Å². The van der Waals surface area contributed by atoms with Gasteiger partial charge in [0.1, 0.15) is 5.82 Å². The Bertz CT molecular complexity index is 638. The van der Waals surface area contributed by atoms with E-state index in [0.717, 1.165) is 17.1 Å². The van der Waals surface area contributed by atoms with E-state index in [9.17, 15) is 22.8 Å². The molecule has 2 rings (SSSR count). The van der Waals surface area contributed by atoms with Crippen molar-refractivity contribution in [3.63, 3.8) is 0 Å². The zero-order valence-corrected chi connectivity index (χ0v) is 13.9. The lowest BCUT2D eigenvalue weighted by molar-refractivity contribution is -0.139. The summed E-state index contributed by atoms with van der Waals surface area (Å²) in [5.74, 6) is -1.77. The summed E-state index contributed by atoms with van der Waals surface area (Å²) in [6, 6.07) is 2.05. The maximum Gasteiger partial charge on any atom is 0.418 e. The van der Waals surface area contributed by atoms with Crippen LogP contribution in [0, 0.1) is 17.8 Å². The predicted molar refractivity (Wildman–Crippen MR) is 81.6 cm³/mol. The van der Waals surface area contributed by atoms with Crippen LogP contribution in [0.15, 0.2) is 12.1 Å². The largest absolute Gasteiger partial charge is 0.418 e. The van der Waals surface area contributed by atoms with Gasteiger partial charge in [-0.1, -0.05) is 27.7 Å². The molecule has 0 bridgehead atoms. The van der Waals surface area contributed by atoms with Gasteiger partial charge in [0.05, 0.1) is 11.3 Å². The molecule has 1 N–H and O–H groups in total. The third kappa shape index (κ3) is 3.52. The zero-order valence-electron chi connectivity index (χ0n) is 13.9. The first-order valence-corrected chi connectivity index (χ1v) is 7.74. The number of hydrogen-bond acceptors (Lipinski definition) is 4. The van der Waals surface area contributed by atoms with Gasteiger partial charge in [0.25, 0.3) is 11.8 Å². The Balaban J connectivity index is 2.32. The second-order valence-corrected chi connectivity index (χ2v) is 6.49. The van der Waals surface area contributed by atoms with Crippen molar-refractivity contribution in [1.29, 1.82) is 0 Å². The van der Waals surface area contributed by atoms with Crippen LogP contribution in [0.2, 0.25) is 0 Å². The van der Waals surface area contributed by atoms with E-state index in [2.05, 4.69) is 10.4 Å². The number of alkyl halides is 3. The van der Waals surface area contributed by atoms with Crippen molar-refractivity contribution in [2.45, 2.75) is 40.3 Å². The molecule has 24 heavy (non-hydrogen) atoms. The molecule has 0 saturated carbocycles. The van der Waals surface area contributed by atoms with Crippen molar-refractivity contribution in [2.75, 3.05) is 5.43 Å². The fourth-order valence-corrected chi connectivity index (χ4v) is 2.53. The molecular formula is C16H20F3N3O2. The fraction of sp³-hybridized carbons (Fsp3) is 0.562. The molecule has 5 nitrogen and oxygen atoms in total. The topological polar surface area (TPSA) is 62.3 Å². The summed E-state index contributed by atoms with van der Waals surface area (Å²) >= 11 is 0. The molecule has 8 heteroatoms. The van der Waals surface area contributed by atoms with Crippen LogP contribution < -0.4 is 5.43 Å². The normalized spacial score (nSPS) is 21.8. The fourth-order valence-electron chi connectivity index (χ4n) is 2.53. The number of imide groups is 1. The molecule has 2 atom stereocenters. The van der Waals surface area contributed by atoms with E-state index in [1.54, 1.807) is 27.7 Å². The Morgan fingerprint density at radius 1 is 1.17 bits per heavy atom. The van der Waals surface area contributed by atoms with Crippen molar-refractivity contribution in [1.82, 2.24) is 9.99 Å². The van der Waals surface area contributed by atoms with Gasteiger partial charge in [-0.15, -0.1) is 0 Å². The van der Waals surface area contributed by atoms with E-state index < -0.39 is 35.4 Å². The smallest absolute Gasteiger partial charge is 0.272 e. The molecule has 1 aromatic heterocycles. The molecule has 132 valence electrons. The maximum atomic E-state index is 13.1. The molecular weight excluding hydrogens is 323 g/mol. The van der Waals surface area contributed by atoms with E-state index in [1.165, 1.54) is 0 Å². The van der Waals surface area contributed by atoms with Crippen molar-refractivity contribution in [3.05, 3.63) is 23.4 Å². The molecule has 0 aromatic carbocycles. The van der Waals surface area contributed by atoms with Crippen molar-refractivity contribution in [3.8, 4) is 0 Å². The number of anilines is 1. The lowest BCUT2D eigenvalue weighted by Gasteiger charge is -2.19. The first-order valence-electron chi connectivity index (χ1n) is 7.74. The molecule has 1 aliphatic heterocycles. The number of nitrogens with one attached hydrogen (secondary N) is 1. The van der Waals surface area contributed by atoms with Crippen LogP contribution in [-0.2, 0) is 22.2 Å². The average Bonchev–Trinajstić information content (AvgIpc) is 2.63. The lowest BCUT2D eigenvalue weighted by Crippen LogP contribution is -2.36. The first-order chi connectivity index (χ1) is 11.0. The summed E-state index contributed by atoms with van der Waals surface area (Å²) in [6.45, 7) is 6.85. The molecule has 1 aromatic rings. The van der Waals surface area contributed by atoms with Crippen LogP contribution in [0.4, 0.5) is 19.0 Å². The summed E-state index contributed by atoms with van der Waals surface area (Å²) in [6.07, 6.45) is -4.36. The number of carbonyl (C=O) groups excluding carboxylic acids is 2. The van der Waals surface area contributed by atoms with Crippen LogP contribution in [0.25, 0.3) is 0 Å². The Hall–Kier alpha value is -2.12. The molecule has 0 spiro atoms. The van der Waals surface area contributed by atoms with Gasteiger partial charge in [-0.2, -0.15) is 18.2 Å². The molecule has 1 saturated heterocycles. The number of rotatable bonds is 4. The number of halogens is 3. The molecule has 0 radical (unpaired) electrons. The number of aromatic nitrogens is 1. The van der Waals surface area contributed by atoms with Crippen LogP contribution >= 0.6 is 0 Å². The highest BCUT2D eigenvalue weighted by Crippen LogP contribution is 2.33. The van der Waals surface area contributed by atoms with Gasteiger partial charge in [0.2, 0.25) is 0 Å². The SMILES string of the molecule is CC(C)Cc1nc(NN2C(=O)C(C)C(C)C2=O)ccc1C(F)(F)F. The van der Waals surface area contributed by atoms with Gasteiger partial charge in [-0.25, -0.2) is 4.98 Å². The van der Waals surface area contributed by atoms with E-state index in [-0.39, 0.29) is 23.9 Å². The second-order valence-electron chi connectivity index (χ2n) is 6.49. The number of hydrogen-bond donors (Lipinski definition) is 1. The van der Waals surface area contributed by atoms with Gasteiger partial charge in [0.15, 0.2) is 0 Å². The third-order valence-corrected chi connectivity index (χ3v) is 4.08. The molecule has 0 aliphatic carbocycles. The minimum atomic E-state index is -4.50. The number of carbonyl (C=O) groups is 2. The van der Waals surface area contributed by atoms with Crippen LogP contribution in [0.1, 0.15) is 39.0 Å². The minimum Gasteiger partial charge on any atom is -0.272 e. The highest BCUT2D eigenvalue weighted by Gasteiger charge is 2.43. The summed E-state index contributed by atoms with van der Waals surface area (Å²) in [4.78, 5) is 28.1. The molecule has 1 fully saturated rings. The lowest BCUT2D eigenvalue weighted by atomic mass is 10.00. The van der Waals surface area contributed by atoms with Crippen LogP contribution in [0.3, 0.4) is 0 Å². The number of pyridine rings is 1. The summed E-state index contributed by atoms with van der Waals surface area (Å²) < 4.78 is 39.2.